The molecule has 0 aromatic heterocycles. The molecule has 1 aliphatic heterocycles. The molecule has 1 saturated heterocycles. The number of hydrogen-bond donors (Lipinski definition) is 1. The van der Waals surface area contributed by atoms with Gasteiger partial charge in [0.25, 0.3) is 0 Å². The van der Waals surface area contributed by atoms with Crippen molar-refractivity contribution >= 4 is 5.97 Å². The second-order valence-corrected chi connectivity index (χ2v) is 6.25. The van der Waals surface area contributed by atoms with Crippen LogP contribution in [0.5, 0.6) is 5.75 Å². The standard InChI is InChI=1S/C19H29NO3/c1-3-5-8-17(15-10-12-16(13-11-15)23-4-2)20-14-7-6-9-18(20)19(21)22/h10-13,17-18H,3-9,14H2,1-2H3,(H,21,22). The van der Waals surface area contributed by atoms with Gasteiger partial charge in [-0.3, -0.25) is 9.69 Å². The molecule has 1 aromatic carbocycles. The Hall–Kier alpha value is -1.55. The van der Waals surface area contributed by atoms with Gasteiger partial charge in [0, 0.05) is 6.04 Å². The predicted octanol–water partition coefficient (Wildman–Crippen LogP) is 4.26. The smallest absolute Gasteiger partial charge is 0.320 e. The van der Waals surface area contributed by atoms with Crippen molar-refractivity contribution in [3.63, 3.8) is 0 Å². The van der Waals surface area contributed by atoms with Crippen LogP contribution in [0.15, 0.2) is 24.3 Å². The van der Waals surface area contributed by atoms with E-state index in [9.17, 15) is 9.90 Å². The quantitative estimate of drug-likeness (QED) is 0.778. The van der Waals surface area contributed by atoms with Crippen LogP contribution in [0.2, 0.25) is 0 Å². The highest BCUT2D eigenvalue weighted by atomic mass is 16.5. The predicted molar refractivity (Wildman–Crippen MR) is 91.9 cm³/mol. The van der Waals surface area contributed by atoms with Crippen molar-refractivity contribution < 1.29 is 14.6 Å². The van der Waals surface area contributed by atoms with Crippen molar-refractivity contribution in [3.8, 4) is 5.75 Å². The van der Waals surface area contributed by atoms with E-state index in [1.54, 1.807) is 0 Å². The number of likely N-dealkylation sites (tertiary alicyclic amines) is 1. The van der Waals surface area contributed by atoms with Crippen LogP contribution in [0.25, 0.3) is 0 Å². The van der Waals surface area contributed by atoms with E-state index < -0.39 is 5.97 Å². The lowest BCUT2D eigenvalue weighted by Crippen LogP contribution is -2.46. The van der Waals surface area contributed by atoms with Gasteiger partial charge in [-0.1, -0.05) is 38.3 Å². The lowest BCUT2D eigenvalue weighted by Gasteiger charge is -2.39. The van der Waals surface area contributed by atoms with E-state index >= 15 is 0 Å². The summed E-state index contributed by atoms with van der Waals surface area (Å²) in [5.41, 5.74) is 1.20. The Balaban J connectivity index is 2.22. The summed E-state index contributed by atoms with van der Waals surface area (Å²) >= 11 is 0. The number of carboxylic acid groups (broad SMARTS) is 1. The highest BCUT2D eigenvalue weighted by molar-refractivity contribution is 5.73. The summed E-state index contributed by atoms with van der Waals surface area (Å²) in [4.78, 5) is 13.9. The number of ether oxygens (including phenoxy) is 1. The minimum absolute atomic E-state index is 0.187. The average Bonchev–Trinajstić information content (AvgIpc) is 2.57. The van der Waals surface area contributed by atoms with E-state index in [0.717, 1.165) is 50.8 Å². The monoisotopic (exact) mass is 319 g/mol. The van der Waals surface area contributed by atoms with Gasteiger partial charge in [0.1, 0.15) is 11.8 Å². The van der Waals surface area contributed by atoms with Crippen LogP contribution >= 0.6 is 0 Å². The molecular formula is C19H29NO3. The number of carbonyl (C=O) groups is 1. The second kappa shape index (κ2) is 8.92. The number of hydrogen-bond acceptors (Lipinski definition) is 3. The zero-order valence-corrected chi connectivity index (χ0v) is 14.3. The van der Waals surface area contributed by atoms with Crippen molar-refractivity contribution in [1.82, 2.24) is 4.90 Å². The minimum Gasteiger partial charge on any atom is -0.494 e. The molecule has 1 aliphatic rings. The SMILES string of the molecule is CCCCC(c1ccc(OCC)cc1)N1CCCCC1C(=O)O. The Morgan fingerprint density at radius 1 is 1.30 bits per heavy atom. The Bertz CT molecular complexity index is 486. The summed E-state index contributed by atoms with van der Waals surface area (Å²) in [6.07, 6.45) is 6.10. The highest BCUT2D eigenvalue weighted by Crippen LogP contribution is 2.33. The molecule has 1 N–H and O–H groups in total. The summed E-state index contributed by atoms with van der Waals surface area (Å²) in [6, 6.07) is 8.02. The number of carboxylic acids is 1. The molecule has 2 rings (SSSR count). The third kappa shape index (κ3) is 4.71. The minimum atomic E-state index is -0.683. The fourth-order valence-electron chi connectivity index (χ4n) is 3.47. The maximum absolute atomic E-state index is 11.7. The Morgan fingerprint density at radius 3 is 2.65 bits per heavy atom. The molecule has 0 saturated carbocycles. The molecule has 1 fully saturated rings. The molecule has 4 nitrogen and oxygen atoms in total. The van der Waals surface area contributed by atoms with E-state index in [0.29, 0.717) is 6.61 Å². The lowest BCUT2D eigenvalue weighted by atomic mass is 9.93. The molecule has 0 aliphatic carbocycles. The van der Waals surface area contributed by atoms with Gasteiger partial charge >= 0.3 is 5.97 Å². The number of nitrogens with zero attached hydrogens (tertiary/aromatic N) is 1. The molecule has 1 aromatic rings. The molecular weight excluding hydrogens is 290 g/mol. The van der Waals surface area contributed by atoms with Gasteiger partial charge < -0.3 is 9.84 Å². The fourth-order valence-corrected chi connectivity index (χ4v) is 3.47. The highest BCUT2D eigenvalue weighted by Gasteiger charge is 2.33. The first-order valence-corrected chi connectivity index (χ1v) is 8.88. The number of aliphatic carboxylic acids is 1. The molecule has 2 atom stereocenters. The van der Waals surface area contributed by atoms with E-state index in [1.165, 1.54) is 5.56 Å². The Kier molecular flexibility index (Phi) is 6.90. The first-order valence-electron chi connectivity index (χ1n) is 8.88. The van der Waals surface area contributed by atoms with E-state index in [4.69, 9.17) is 4.74 Å². The van der Waals surface area contributed by atoms with Gasteiger partial charge in [-0.05, 0) is 50.4 Å². The summed E-state index contributed by atoms with van der Waals surface area (Å²) in [5.74, 6) is 0.191. The third-order valence-electron chi connectivity index (χ3n) is 4.64. The number of benzene rings is 1. The zero-order valence-electron chi connectivity index (χ0n) is 14.3. The van der Waals surface area contributed by atoms with Crippen LogP contribution in [0, 0.1) is 0 Å². The number of unbranched alkanes of at least 4 members (excludes halogenated alkanes) is 1. The number of rotatable bonds is 8. The van der Waals surface area contributed by atoms with E-state index in [2.05, 4.69) is 24.0 Å². The number of piperidine rings is 1. The van der Waals surface area contributed by atoms with Gasteiger partial charge in [-0.15, -0.1) is 0 Å². The molecule has 0 spiro atoms. The summed E-state index contributed by atoms with van der Waals surface area (Å²) in [5, 5.41) is 9.58. The topological polar surface area (TPSA) is 49.8 Å². The van der Waals surface area contributed by atoms with Crippen LogP contribution in [-0.2, 0) is 4.79 Å². The van der Waals surface area contributed by atoms with Gasteiger partial charge in [0.05, 0.1) is 6.61 Å². The lowest BCUT2D eigenvalue weighted by molar-refractivity contribution is -0.146. The van der Waals surface area contributed by atoms with Crippen LogP contribution in [0.3, 0.4) is 0 Å². The molecule has 2 unspecified atom stereocenters. The Morgan fingerprint density at radius 2 is 2.04 bits per heavy atom. The van der Waals surface area contributed by atoms with Crippen LogP contribution < -0.4 is 4.74 Å². The molecule has 4 heteroatoms. The van der Waals surface area contributed by atoms with Gasteiger partial charge in [-0.25, -0.2) is 0 Å². The maximum atomic E-state index is 11.7. The van der Waals surface area contributed by atoms with Crippen molar-refractivity contribution in [2.24, 2.45) is 0 Å². The molecule has 1 heterocycles. The van der Waals surface area contributed by atoms with Gasteiger partial charge in [0.2, 0.25) is 0 Å². The normalized spacial score (nSPS) is 20.2. The zero-order chi connectivity index (χ0) is 16.7. The second-order valence-electron chi connectivity index (χ2n) is 6.25. The first kappa shape index (κ1) is 17.8. The largest absolute Gasteiger partial charge is 0.494 e. The van der Waals surface area contributed by atoms with Gasteiger partial charge in [-0.2, -0.15) is 0 Å². The van der Waals surface area contributed by atoms with E-state index in [1.807, 2.05) is 19.1 Å². The van der Waals surface area contributed by atoms with E-state index in [-0.39, 0.29) is 12.1 Å². The summed E-state index contributed by atoms with van der Waals surface area (Å²) in [6.45, 7) is 5.69. The van der Waals surface area contributed by atoms with Crippen LogP contribution in [-0.4, -0.2) is 35.2 Å². The molecule has 0 bridgehead atoms. The first-order chi connectivity index (χ1) is 11.2. The average molecular weight is 319 g/mol. The van der Waals surface area contributed by atoms with Crippen molar-refractivity contribution in [3.05, 3.63) is 29.8 Å². The fraction of sp³-hybridized carbons (Fsp3) is 0.632. The molecule has 128 valence electrons. The molecule has 0 radical (unpaired) electrons. The summed E-state index contributed by atoms with van der Waals surface area (Å²) < 4.78 is 5.52. The molecule has 0 amide bonds. The Labute approximate surface area is 139 Å². The van der Waals surface area contributed by atoms with Crippen LogP contribution in [0.4, 0.5) is 0 Å². The van der Waals surface area contributed by atoms with Crippen molar-refractivity contribution in [1.29, 1.82) is 0 Å². The third-order valence-corrected chi connectivity index (χ3v) is 4.64. The van der Waals surface area contributed by atoms with Crippen molar-refractivity contribution in [2.75, 3.05) is 13.2 Å². The van der Waals surface area contributed by atoms with Gasteiger partial charge in [0.15, 0.2) is 0 Å². The van der Waals surface area contributed by atoms with Crippen LogP contribution in [0.1, 0.15) is 64.0 Å². The van der Waals surface area contributed by atoms with Crippen molar-refractivity contribution in [2.45, 2.75) is 64.5 Å². The maximum Gasteiger partial charge on any atom is 0.320 e. The summed E-state index contributed by atoms with van der Waals surface area (Å²) in [7, 11) is 0. The molecule has 23 heavy (non-hydrogen) atoms.